The second kappa shape index (κ2) is 6.48. The predicted octanol–water partition coefficient (Wildman–Crippen LogP) is 3.94. The van der Waals surface area contributed by atoms with Crippen molar-refractivity contribution in [3.05, 3.63) is 53.6 Å². The van der Waals surface area contributed by atoms with E-state index in [0.29, 0.717) is 11.3 Å². The molecule has 0 heterocycles. The first-order valence-corrected chi connectivity index (χ1v) is 7.50. The highest BCUT2D eigenvalue weighted by molar-refractivity contribution is 7.99. The summed E-state index contributed by atoms with van der Waals surface area (Å²) in [4.78, 5) is 13.4. The Labute approximate surface area is 123 Å². The lowest BCUT2D eigenvalue weighted by Crippen LogP contribution is -2.14. The number of hydrogen-bond acceptors (Lipinski definition) is 3. The maximum Gasteiger partial charge on any atom is 0.256 e. The fourth-order valence-corrected chi connectivity index (χ4v) is 2.70. The van der Waals surface area contributed by atoms with Crippen molar-refractivity contribution in [1.29, 1.82) is 0 Å². The Morgan fingerprint density at radius 2 is 1.95 bits per heavy atom. The van der Waals surface area contributed by atoms with Crippen LogP contribution in [-0.2, 0) is 0 Å². The minimum Gasteiger partial charge on any atom is -0.398 e. The van der Waals surface area contributed by atoms with Crippen molar-refractivity contribution in [2.45, 2.75) is 18.7 Å². The third-order valence-corrected chi connectivity index (χ3v) is 4.01. The first-order valence-electron chi connectivity index (χ1n) is 6.51. The zero-order chi connectivity index (χ0) is 14.5. The van der Waals surface area contributed by atoms with E-state index in [9.17, 15) is 4.79 Å². The fraction of sp³-hybridized carbons (Fsp3) is 0.188. The van der Waals surface area contributed by atoms with Crippen LogP contribution in [0, 0.1) is 6.92 Å². The summed E-state index contributed by atoms with van der Waals surface area (Å²) in [6, 6.07) is 13.2. The Morgan fingerprint density at radius 1 is 1.20 bits per heavy atom. The van der Waals surface area contributed by atoms with Crippen molar-refractivity contribution in [3.8, 4) is 0 Å². The van der Waals surface area contributed by atoms with E-state index < -0.39 is 0 Å². The summed E-state index contributed by atoms with van der Waals surface area (Å²) in [5.74, 6) is 0.837. The van der Waals surface area contributed by atoms with E-state index in [1.165, 1.54) is 0 Å². The molecule has 0 fully saturated rings. The number of amides is 1. The Balaban J connectivity index is 2.26. The molecule has 0 atom stereocenters. The number of nitrogens with two attached hydrogens (primary N) is 1. The van der Waals surface area contributed by atoms with Crippen LogP contribution in [0.3, 0.4) is 0 Å². The van der Waals surface area contributed by atoms with Gasteiger partial charge >= 0.3 is 0 Å². The molecule has 0 saturated heterocycles. The smallest absolute Gasteiger partial charge is 0.256 e. The molecule has 0 aliphatic heterocycles. The molecule has 0 spiro atoms. The summed E-state index contributed by atoms with van der Waals surface area (Å²) in [6.07, 6.45) is 0. The number of nitrogen functional groups attached to an aromatic ring is 1. The van der Waals surface area contributed by atoms with Crippen LogP contribution in [0.2, 0.25) is 0 Å². The molecule has 0 aliphatic carbocycles. The third-order valence-electron chi connectivity index (χ3n) is 3.06. The van der Waals surface area contributed by atoms with Gasteiger partial charge in [-0.15, -0.1) is 11.8 Å². The highest BCUT2D eigenvalue weighted by Crippen LogP contribution is 2.27. The number of anilines is 2. The summed E-state index contributed by atoms with van der Waals surface area (Å²) in [5.41, 5.74) is 8.74. The molecule has 3 N–H and O–H groups in total. The topological polar surface area (TPSA) is 55.1 Å². The number of carbonyl (C=O) groups excluding carboxylic acids is 1. The average Bonchev–Trinajstić information content (AvgIpc) is 2.44. The van der Waals surface area contributed by atoms with Gasteiger partial charge in [-0.3, -0.25) is 4.79 Å². The van der Waals surface area contributed by atoms with Crippen molar-refractivity contribution in [3.63, 3.8) is 0 Å². The quantitative estimate of drug-likeness (QED) is 0.661. The highest BCUT2D eigenvalue weighted by atomic mass is 32.2. The molecule has 0 bridgehead atoms. The van der Waals surface area contributed by atoms with Crippen molar-refractivity contribution < 1.29 is 4.79 Å². The zero-order valence-electron chi connectivity index (χ0n) is 11.6. The number of thioether (sulfide) groups is 1. The molecule has 0 aliphatic rings. The number of nitrogens with one attached hydrogen (secondary N) is 1. The first kappa shape index (κ1) is 14.5. The maximum atomic E-state index is 12.4. The van der Waals surface area contributed by atoms with Gasteiger partial charge in [0.05, 0.1) is 5.69 Å². The zero-order valence-corrected chi connectivity index (χ0v) is 12.5. The van der Waals surface area contributed by atoms with E-state index in [1.807, 2.05) is 31.2 Å². The van der Waals surface area contributed by atoms with Gasteiger partial charge in [-0.25, -0.2) is 0 Å². The minimum atomic E-state index is -0.126. The van der Waals surface area contributed by atoms with Gasteiger partial charge in [0, 0.05) is 16.1 Å². The molecule has 0 aromatic heterocycles. The fourth-order valence-electron chi connectivity index (χ4n) is 1.94. The Kier molecular flexibility index (Phi) is 4.69. The molecule has 2 rings (SSSR count). The number of hydrogen-bond donors (Lipinski definition) is 2. The van der Waals surface area contributed by atoms with Gasteiger partial charge in [0.1, 0.15) is 0 Å². The summed E-state index contributed by atoms with van der Waals surface area (Å²) in [6.45, 7) is 3.95. The second-order valence-corrected chi connectivity index (χ2v) is 5.71. The van der Waals surface area contributed by atoms with E-state index in [0.717, 1.165) is 21.9 Å². The van der Waals surface area contributed by atoms with E-state index in [2.05, 4.69) is 12.2 Å². The van der Waals surface area contributed by atoms with Crippen LogP contribution < -0.4 is 11.1 Å². The predicted molar refractivity (Wildman–Crippen MR) is 86.4 cm³/mol. The molecular weight excluding hydrogens is 268 g/mol. The highest BCUT2D eigenvalue weighted by Gasteiger charge is 2.12. The van der Waals surface area contributed by atoms with Crippen LogP contribution >= 0.6 is 11.8 Å². The minimum absolute atomic E-state index is 0.126. The molecule has 0 saturated carbocycles. The summed E-state index contributed by atoms with van der Waals surface area (Å²) in [5, 5.41) is 2.96. The number of benzene rings is 2. The molecule has 0 radical (unpaired) electrons. The van der Waals surface area contributed by atoms with Gasteiger partial charge in [-0.1, -0.05) is 25.1 Å². The van der Waals surface area contributed by atoms with Crippen LogP contribution in [0.25, 0.3) is 0 Å². The molecule has 2 aromatic rings. The van der Waals surface area contributed by atoms with Crippen LogP contribution in [0.5, 0.6) is 0 Å². The second-order valence-electron chi connectivity index (χ2n) is 4.40. The lowest BCUT2D eigenvalue weighted by molar-refractivity contribution is 0.102. The summed E-state index contributed by atoms with van der Waals surface area (Å²) in [7, 11) is 0. The molecular formula is C16H18N2OS. The van der Waals surface area contributed by atoms with E-state index in [1.54, 1.807) is 30.0 Å². The van der Waals surface area contributed by atoms with Gasteiger partial charge in [0.25, 0.3) is 5.91 Å². The van der Waals surface area contributed by atoms with Gasteiger partial charge in [0.15, 0.2) is 0 Å². The Morgan fingerprint density at radius 3 is 2.70 bits per heavy atom. The molecule has 20 heavy (non-hydrogen) atoms. The first-order chi connectivity index (χ1) is 9.63. The Hall–Kier alpha value is -1.94. The molecule has 0 unspecified atom stereocenters. The summed E-state index contributed by atoms with van der Waals surface area (Å²) >= 11 is 1.71. The van der Waals surface area contributed by atoms with Crippen molar-refractivity contribution in [2.75, 3.05) is 16.8 Å². The van der Waals surface area contributed by atoms with Crippen molar-refractivity contribution in [1.82, 2.24) is 0 Å². The monoisotopic (exact) mass is 286 g/mol. The number of rotatable bonds is 4. The standard InChI is InChI=1S/C16H18N2OS/c1-3-20-15-10-5-4-9-14(15)18-16(19)12-7-6-8-13(17)11(12)2/h4-10H,3,17H2,1-2H3,(H,18,19). The van der Waals surface area contributed by atoms with Crippen LogP contribution in [0.4, 0.5) is 11.4 Å². The van der Waals surface area contributed by atoms with E-state index in [4.69, 9.17) is 5.73 Å². The van der Waals surface area contributed by atoms with Crippen LogP contribution in [-0.4, -0.2) is 11.7 Å². The van der Waals surface area contributed by atoms with Gasteiger partial charge < -0.3 is 11.1 Å². The largest absolute Gasteiger partial charge is 0.398 e. The summed E-state index contributed by atoms with van der Waals surface area (Å²) < 4.78 is 0. The molecule has 2 aromatic carbocycles. The normalized spacial score (nSPS) is 10.3. The lowest BCUT2D eigenvalue weighted by atomic mass is 10.1. The third kappa shape index (κ3) is 3.14. The van der Waals surface area contributed by atoms with Gasteiger partial charge in [-0.05, 0) is 42.5 Å². The van der Waals surface area contributed by atoms with E-state index >= 15 is 0 Å². The van der Waals surface area contributed by atoms with Crippen molar-refractivity contribution in [2.24, 2.45) is 0 Å². The van der Waals surface area contributed by atoms with E-state index in [-0.39, 0.29) is 5.91 Å². The maximum absolute atomic E-state index is 12.4. The Bertz CT molecular complexity index is 626. The molecule has 3 nitrogen and oxygen atoms in total. The van der Waals surface area contributed by atoms with Crippen molar-refractivity contribution >= 4 is 29.0 Å². The molecule has 104 valence electrons. The average molecular weight is 286 g/mol. The van der Waals surface area contributed by atoms with Crippen LogP contribution in [0.1, 0.15) is 22.8 Å². The number of para-hydroxylation sites is 1. The van der Waals surface area contributed by atoms with Gasteiger partial charge in [-0.2, -0.15) is 0 Å². The molecule has 1 amide bonds. The molecule has 4 heteroatoms. The van der Waals surface area contributed by atoms with Crippen LogP contribution in [0.15, 0.2) is 47.4 Å². The lowest BCUT2D eigenvalue weighted by Gasteiger charge is -2.12. The SMILES string of the molecule is CCSc1ccccc1NC(=O)c1cccc(N)c1C. The van der Waals surface area contributed by atoms with Gasteiger partial charge in [0.2, 0.25) is 0 Å². The number of carbonyl (C=O) groups is 1.